The summed E-state index contributed by atoms with van der Waals surface area (Å²) in [5, 5.41) is 13.7. The summed E-state index contributed by atoms with van der Waals surface area (Å²) in [5.41, 5.74) is -0.0868. The monoisotopic (exact) mass is 563 g/mol. The minimum absolute atomic E-state index is 0.0601. The zero-order valence-corrected chi connectivity index (χ0v) is 24.1. The normalized spacial score (nSPS) is 30.1. The highest BCUT2D eigenvalue weighted by Crippen LogP contribution is 2.47. The molecule has 1 aromatic heterocycles. The predicted octanol–water partition coefficient (Wildman–Crippen LogP) is 3.82. The molecule has 1 aromatic carbocycles. The van der Waals surface area contributed by atoms with Crippen molar-refractivity contribution in [3.63, 3.8) is 0 Å². The zero-order valence-electron chi connectivity index (χ0n) is 24.1. The van der Waals surface area contributed by atoms with Crippen LogP contribution >= 0.6 is 0 Å². The molecule has 0 radical (unpaired) electrons. The summed E-state index contributed by atoms with van der Waals surface area (Å²) in [4.78, 5) is 51.9. The summed E-state index contributed by atoms with van der Waals surface area (Å²) in [7, 11) is 3.13. The van der Waals surface area contributed by atoms with Crippen LogP contribution in [0, 0.1) is 11.8 Å². The molecule has 3 unspecified atom stereocenters. The van der Waals surface area contributed by atoms with Crippen LogP contribution in [0.5, 0.6) is 0 Å². The second-order valence-corrected chi connectivity index (χ2v) is 12.8. The molecule has 2 saturated heterocycles. The first-order valence-corrected chi connectivity index (χ1v) is 15.2. The van der Waals surface area contributed by atoms with Crippen molar-refractivity contribution in [3.05, 3.63) is 40.3 Å². The Morgan fingerprint density at radius 3 is 2.27 bits per heavy atom. The molecule has 3 heterocycles. The molecule has 1 amide bonds. The van der Waals surface area contributed by atoms with Crippen LogP contribution in [0.15, 0.2) is 34.2 Å². The van der Waals surface area contributed by atoms with Crippen molar-refractivity contribution >= 4 is 28.6 Å². The highest BCUT2D eigenvalue weighted by molar-refractivity contribution is 6.41. The van der Waals surface area contributed by atoms with E-state index in [1.807, 2.05) is 18.2 Å². The van der Waals surface area contributed by atoms with E-state index in [4.69, 9.17) is 4.84 Å². The maximum absolute atomic E-state index is 14.1. The van der Waals surface area contributed by atoms with Crippen LogP contribution in [-0.2, 0) is 14.4 Å². The summed E-state index contributed by atoms with van der Waals surface area (Å²) in [6.45, 7) is -0.434. The molecule has 1 N–H and O–H groups in total. The molecule has 2 aromatic rings. The fourth-order valence-corrected chi connectivity index (χ4v) is 8.27. The number of rotatable bonds is 7. The van der Waals surface area contributed by atoms with Gasteiger partial charge in [0.15, 0.2) is 12.3 Å². The highest BCUT2D eigenvalue weighted by atomic mass is 16.6. The first-order valence-electron chi connectivity index (χ1n) is 15.2. The number of hydrogen-bond donors (Lipinski definition) is 1. The molecule has 4 bridgehead atoms. The number of oxime groups is 1. The molecule has 0 spiro atoms. The first kappa shape index (κ1) is 27.9. The summed E-state index contributed by atoms with van der Waals surface area (Å²) in [5.74, 6) is -0.0704. The van der Waals surface area contributed by atoms with Crippen molar-refractivity contribution in [2.24, 2.45) is 17.0 Å². The van der Waals surface area contributed by atoms with Gasteiger partial charge in [-0.25, -0.2) is 9.78 Å². The van der Waals surface area contributed by atoms with Gasteiger partial charge in [0.05, 0.1) is 11.0 Å². The van der Waals surface area contributed by atoms with E-state index in [0.29, 0.717) is 29.2 Å². The molecule has 4 aliphatic rings. The Labute approximate surface area is 240 Å². The molecule has 41 heavy (non-hydrogen) atoms. The van der Waals surface area contributed by atoms with Crippen LogP contribution < -0.4 is 5.56 Å². The van der Waals surface area contributed by atoms with Gasteiger partial charge in [-0.3, -0.25) is 14.5 Å². The molecular weight excluding hydrogens is 522 g/mol. The Bertz CT molecular complexity index is 1380. The van der Waals surface area contributed by atoms with Crippen LogP contribution in [0.2, 0.25) is 0 Å². The lowest BCUT2D eigenvalue weighted by Gasteiger charge is -2.55. The van der Waals surface area contributed by atoms with Gasteiger partial charge in [0.2, 0.25) is 5.71 Å². The Hall–Kier alpha value is -3.27. The number of aliphatic carboxylic acids is 1. The highest BCUT2D eigenvalue weighted by Gasteiger charge is 2.45. The van der Waals surface area contributed by atoms with Crippen molar-refractivity contribution in [2.45, 2.75) is 94.8 Å². The van der Waals surface area contributed by atoms with Crippen LogP contribution in [0.1, 0.15) is 82.4 Å². The van der Waals surface area contributed by atoms with Crippen molar-refractivity contribution in [2.75, 3.05) is 20.7 Å². The van der Waals surface area contributed by atoms with Crippen molar-refractivity contribution < 1.29 is 19.5 Å². The van der Waals surface area contributed by atoms with E-state index in [-0.39, 0.29) is 17.6 Å². The minimum atomic E-state index is -1.43. The van der Waals surface area contributed by atoms with Gasteiger partial charge in [-0.1, -0.05) is 43.0 Å². The minimum Gasteiger partial charge on any atom is -0.476 e. The fraction of sp³-hybridized carbons (Fsp3) is 0.645. The smallest absolute Gasteiger partial charge is 0.360 e. The van der Waals surface area contributed by atoms with Gasteiger partial charge in [-0.15, -0.1) is 0 Å². The summed E-state index contributed by atoms with van der Waals surface area (Å²) in [6.07, 6.45) is 13.4. The number of nitrogens with zero attached hydrogens (tertiary/aromatic N) is 5. The van der Waals surface area contributed by atoms with E-state index in [1.54, 1.807) is 24.7 Å². The van der Waals surface area contributed by atoms with Crippen LogP contribution in [0.25, 0.3) is 11.0 Å². The largest absolute Gasteiger partial charge is 0.476 e. The van der Waals surface area contributed by atoms with Gasteiger partial charge in [0.25, 0.3) is 11.5 Å². The lowest BCUT2D eigenvalue weighted by molar-refractivity contribution is -0.134. The number of carboxylic acids is 1. The van der Waals surface area contributed by atoms with Crippen LogP contribution in [-0.4, -0.2) is 80.9 Å². The Kier molecular flexibility index (Phi) is 7.85. The van der Waals surface area contributed by atoms with Gasteiger partial charge in [-0.2, -0.15) is 0 Å². The Morgan fingerprint density at radius 2 is 1.61 bits per heavy atom. The lowest BCUT2D eigenvalue weighted by Crippen LogP contribution is -2.58. The molecule has 2 aliphatic carbocycles. The summed E-state index contributed by atoms with van der Waals surface area (Å²) in [6, 6.07) is 8.83. The van der Waals surface area contributed by atoms with E-state index in [1.165, 1.54) is 49.8 Å². The number of hydrogen-bond acceptors (Lipinski definition) is 7. The van der Waals surface area contributed by atoms with Gasteiger partial charge in [0, 0.05) is 38.3 Å². The third kappa shape index (κ3) is 5.50. The number of para-hydroxylation sites is 2. The molecule has 220 valence electrons. The number of likely N-dealkylation sites (N-methyl/N-ethyl adjacent to an activating group) is 1. The third-order valence-electron chi connectivity index (χ3n) is 9.96. The number of fused-ring (bicyclic) bond motifs is 5. The zero-order chi connectivity index (χ0) is 28.7. The second kappa shape index (κ2) is 11.5. The van der Waals surface area contributed by atoms with Gasteiger partial charge in [0.1, 0.15) is 0 Å². The molecule has 4 fully saturated rings. The number of carbonyl (C=O) groups excluding carboxylic acids is 1. The van der Waals surface area contributed by atoms with E-state index < -0.39 is 23.8 Å². The van der Waals surface area contributed by atoms with Gasteiger partial charge < -0.3 is 19.4 Å². The molecule has 10 heteroatoms. The van der Waals surface area contributed by atoms with E-state index in [2.05, 4.69) is 15.0 Å². The average Bonchev–Trinajstić information content (AvgIpc) is 2.94. The molecule has 2 saturated carbocycles. The predicted molar refractivity (Wildman–Crippen MR) is 155 cm³/mol. The molecule has 6 rings (SSSR count). The van der Waals surface area contributed by atoms with Gasteiger partial charge in [-0.05, 0) is 68.9 Å². The van der Waals surface area contributed by atoms with Crippen molar-refractivity contribution in [3.8, 4) is 0 Å². The maximum Gasteiger partial charge on any atom is 0.360 e. The maximum atomic E-state index is 14.1. The number of carbonyl (C=O) groups is 2. The number of piperidine rings is 2. The molecule has 5 atom stereocenters. The third-order valence-corrected chi connectivity index (χ3v) is 9.96. The Morgan fingerprint density at radius 1 is 0.951 bits per heavy atom. The molecule has 2 aliphatic heterocycles. The summed E-state index contributed by atoms with van der Waals surface area (Å²) >= 11 is 0. The average molecular weight is 564 g/mol. The van der Waals surface area contributed by atoms with Gasteiger partial charge >= 0.3 is 5.97 Å². The fourth-order valence-electron chi connectivity index (χ4n) is 8.27. The van der Waals surface area contributed by atoms with Crippen molar-refractivity contribution in [1.82, 2.24) is 19.4 Å². The first-order chi connectivity index (χ1) is 19.8. The number of amides is 1. The Balaban J connectivity index is 1.33. The van der Waals surface area contributed by atoms with E-state index >= 15 is 0 Å². The standard InChI is InChI=1S/C31H41N5O5/c1-34(2)27(37)18-41-33-29(31(39)40)28-30(38)36(26-12-4-3-11-25(26)32-28)24-16-21-9-6-10-22(17-24)35(21)23-14-19-7-5-8-20(13-19)15-23/h3-4,11-12,19-24H,5-10,13-18H2,1-2H3,(H,39,40)/t19?,20?,21-,22+,23?,24?. The number of aromatic nitrogens is 2. The quantitative estimate of drug-likeness (QED) is 0.402. The topological polar surface area (TPSA) is 117 Å². The SMILES string of the molecule is CN(C)C(=O)CON=C(C(=O)O)c1nc2ccccc2n(C2C[C@H]3CCC[C@@H](C2)N3C2CC3CCCC(C3)C2)c1=O. The molecule has 10 nitrogen and oxygen atoms in total. The number of carboxylic acid groups (broad SMARTS) is 1. The van der Waals surface area contributed by atoms with E-state index in [9.17, 15) is 19.5 Å². The van der Waals surface area contributed by atoms with Crippen LogP contribution in [0.4, 0.5) is 0 Å². The van der Waals surface area contributed by atoms with Crippen molar-refractivity contribution in [1.29, 1.82) is 0 Å². The molecular formula is C31H41N5O5. The van der Waals surface area contributed by atoms with E-state index in [0.717, 1.165) is 37.5 Å². The second-order valence-electron chi connectivity index (χ2n) is 12.8. The van der Waals surface area contributed by atoms with Crippen LogP contribution in [0.3, 0.4) is 0 Å². The summed E-state index contributed by atoms with van der Waals surface area (Å²) < 4.78 is 1.78. The number of benzene rings is 1. The lowest BCUT2D eigenvalue weighted by atomic mass is 9.68.